The van der Waals surface area contributed by atoms with E-state index in [0.717, 1.165) is 26.1 Å². The van der Waals surface area contributed by atoms with Crippen LogP contribution < -0.4 is 10.2 Å². The molecule has 3 aromatic rings. The van der Waals surface area contributed by atoms with Gasteiger partial charge in [-0.15, -0.1) is 0 Å². The quantitative estimate of drug-likeness (QED) is 0.453. The van der Waals surface area contributed by atoms with Crippen molar-refractivity contribution in [2.75, 3.05) is 69.2 Å². The highest BCUT2D eigenvalue weighted by Gasteiger charge is 2.28. The second kappa shape index (κ2) is 12.0. The Kier molecular flexibility index (Phi) is 8.05. The lowest BCUT2D eigenvalue weighted by Gasteiger charge is -2.28. The van der Waals surface area contributed by atoms with Gasteiger partial charge < -0.3 is 24.8 Å². The number of piperidine rings is 1. The minimum absolute atomic E-state index is 0.00771. The van der Waals surface area contributed by atoms with E-state index in [1.807, 2.05) is 9.80 Å². The van der Waals surface area contributed by atoms with Crippen molar-refractivity contribution in [3.8, 4) is 5.82 Å². The molecule has 6 rings (SSSR count). The monoisotopic (exact) mass is 554 g/mol. The van der Waals surface area contributed by atoms with Crippen LogP contribution >= 0.6 is 0 Å². The van der Waals surface area contributed by atoms with Crippen molar-refractivity contribution in [1.29, 1.82) is 0 Å². The average molecular weight is 555 g/mol. The van der Waals surface area contributed by atoms with Gasteiger partial charge in [-0.3, -0.25) is 9.36 Å². The number of hydrogen-bond acceptors (Lipinski definition) is 8. The highest BCUT2D eigenvalue weighted by atomic mass is 19.3. The Morgan fingerprint density at radius 2 is 1.82 bits per heavy atom. The zero-order valence-corrected chi connectivity index (χ0v) is 22.6. The Labute approximate surface area is 232 Å². The van der Waals surface area contributed by atoms with Gasteiger partial charge in [-0.1, -0.05) is 18.6 Å². The first-order chi connectivity index (χ1) is 19.5. The van der Waals surface area contributed by atoms with E-state index in [-0.39, 0.29) is 17.8 Å². The fraction of sp³-hybridized carbons (Fsp3) is 0.571. The molecular formula is C28H36F2N8O2. The minimum atomic E-state index is -2.77. The molecule has 0 saturated carbocycles. The number of rotatable bonds is 8. The third-order valence-electron chi connectivity index (χ3n) is 7.99. The second-order valence-corrected chi connectivity index (χ2v) is 10.7. The van der Waals surface area contributed by atoms with Gasteiger partial charge >= 0.3 is 0 Å². The van der Waals surface area contributed by atoms with Crippen molar-refractivity contribution >= 4 is 28.7 Å². The van der Waals surface area contributed by atoms with Crippen LogP contribution in [-0.2, 0) is 9.53 Å². The number of halogens is 2. The summed E-state index contributed by atoms with van der Waals surface area (Å²) in [6.07, 6.45) is 2.26. The summed E-state index contributed by atoms with van der Waals surface area (Å²) in [6, 6.07) is 8.77. The number of likely N-dealkylation sites (tertiary alicyclic amines) is 2. The molecule has 1 aromatic carbocycles. The van der Waals surface area contributed by atoms with Gasteiger partial charge in [-0.2, -0.15) is 9.97 Å². The van der Waals surface area contributed by atoms with E-state index < -0.39 is 6.43 Å². The van der Waals surface area contributed by atoms with Crippen molar-refractivity contribution in [2.45, 2.75) is 44.6 Å². The van der Waals surface area contributed by atoms with Crippen LogP contribution in [0.5, 0.6) is 0 Å². The topological polar surface area (TPSA) is 91.7 Å². The van der Waals surface area contributed by atoms with Crippen molar-refractivity contribution in [1.82, 2.24) is 29.3 Å². The number of carbonyl (C=O) groups excluding carboxylic acids is 1. The third-order valence-corrected chi connectivity index (χ3v) is 7.99. The van der Waals surface area contributed by atoms with Gasteiger partial charge in [0.15, 0.2) is 5.82 Å². The lowest BCUT2D eigenvalue weighted by Crippen LogP contribution is -2.38. The first-order valence-electron chi connectivity index (χ1n) is 14.3. The van der Waals surface area contributed by atoms with Gasteiger partial charge in [0.2, 0.25) is 11.9 Å². The molecule has 3 fully saturated rings. The fourth-order valence-corrected chi connectivity index (χ4v) is 5.86. The maximum absolute atomic E-state index is 14.1. The predicted molar refractivity (Wildman–Crippen MR) is 148 cm³/mol. The number of nitrogens with one attached hydrogen (secondary N) is 1. The molecule has 0 aliphatic carbocycles. The number of fused-ring (bicyclic) bond motifs is 1. The standard InChI is InChI=1S/C28H36F2N8O2/c29-26(30)27-32-21-6-2-3-7-22(21)38(27)24-18-23(33-28(34-24)36-14-16-40-17-15-36)31-20-8-13-37(19-20)25(39)9-12-35-10-4-1-5-11-35/h2-3,6-7,18,20,26H,1,4-5,8-17,19H2,(H,31,33,34)/t20-/m0/s1. The first-order valence-corrected chi connectivity index (χ1v) is 14.3. The van der Waals surface area contributed by atoms with Crippen LogP contribution in [0, 0.1) is 0 Å². The van der Waals surface area contributed by atoms with Crippen molar-refractivity contribution in [2.24, 2.45) is 0 Å². The molecule has 0 radical (unpaired) electrons. The molecule has 3 aliphatic rings. The SMILES string of the molecule is O=C(CCN1CCCCC1)N1CC[C@H](Nc2cc(-n3c(C(F)F)nc4ccccc43)nc(N3CCOCC3)n2)C1. The Morgan fingerprint density at radius 3 is 2.62 bits per heavy atom. The van der Waals surface area contributed by atoms with Gasteiger partial charge in [-0.05, 0) is 44.5 Å². The Balaban J connectivity index is 1.23. The third kappa shape index (κ3) is 5.87. The molecule has 40 heavy (non-hydrogen) atoms. The lowest BCUT2D eigenvalue weighted by atomic mass is 10.1. The van der Waals surface area contributed by atoms with Crippen LogP contribution in [0.2, 0.25) is 0 Å². The van der Waals surface area contributed by atoms with Gasteiger partial charge in [0.1, 0.15) is 11.6 Å². The number of morpholine rings is 1. The molecule has 0 unspecified atom stereocenters. The number of ether oxygens (including phenoxy) is 1. The minimum Gasteiger partial charge on any atom is -0.378 e. The Bertz CT molecular complexity index is 1320. The smallest absolute Gasteiger partial charge is 0.296 e. The van der Waals surface area contributed by atoms with Crippen LogP contribution in [0.25, 0.3) is 16.9 Å². The molecule has 0 bridgehead atoms. The number of carbonyl (C=O) groups is 1. The molecule has 2 aromatic heterocycles. The van der Waals surface area contributed by atoms with E-state index in [1.54, 1.807) is 30.3 Å². The Hall–Kier alpha value is -3.38. The summed E-state index contributed by atoms with van der Waals surface area (Å²) in [5.41, 5.74) is 1.04. The molecule has 0 spiro atoms. The number of alkyl halides is 2. The molecule has 1 N–H and O–H groups in total. The summed E-state index contributed by atoms with van der Waals surface area (Å²) in [5, 5.41) is 3.48. The van der Waals surface area contributed by atoms with E-state index in [0.29, 0.717) is 74.4 Å². The number of imidazole rings is 1. The average Bonchev–Trinajstić information content (AvgIpc) is 3.62. The Morgan fingerprint density at radius 1 is 1.02 bits per heavy atom. The number of nitrogens with zero attached hydrogens (tertiary/aromatic N) is 7. The van der Waals surface area contributed by atoms with Gasteiger partial charge in [-0.25, -0.2) is 13.8 Å². The first kappa shape index (κ1) is 26.8. The van der Waals surface area contributed by atoms with Gasteiger partial charge in [0.05, 0.1) is 24.2 Å². The van der Waals surface area contributed by atoms with Crippen molar-refractivity contribution in [3.63, 3.8) is 0 Å². The van der Waals surface area contributed by atoms with Crippen LogP contribution in [-0.4, -0.2) is 100 Å². The van der Waals surface area contributed by atoms with Gasteiger partial charge in [0.25, 0.3) is 6.43 Å². The van der Waals surface area contributed by atoms with Crippen LogP contribution in [0.1, 0.15) is 44.4 Å². The largest absolute Gasteiger partial charge is 0.378 e. The molecule has 5 heterocycles. The maximum atomic E-state index is 14.1. The summed E-state index contributed by atoms with van der Waals surface area (Å²) in [6.45, 7) is 6.56. The van der Waals surface area contributed by atoms with E-state index in [2.05, 4.69) is 15.2 Å². The fourth-order valence-electron chi connectivity index (χ4n) is 5.86. The molecule has 214 valence electrons. The number of anilines is 2. The maximum Gasteiger partial charge on any atom is 0.296 e. The molecule has 3 saturated heterocycles. The van der Waals surface area contributed by atoms with Crippen LogP contribution in [0.15, 0.2) is 30.3 Å². The second-order valence-electron chi connectivity index (χ2n) is 10.7. The predicted octanol–water partition coefficient (Wildman–Crippen LogP) is 3.48. The molecule has 12 heteroatoms. The van der Waals surface area contributed by atoms with E-state index >= 15 is 0 Å². The summed E-state index contributed by atoms with van der Waals surface area (Å²) in [4.78, 5) is 32.9. The number of hydrogen-bond donors (Lipinski definition) is 1. The summed E-state index contributed by atoms with van der Waals surface area (Å²) in [5.74, 6) is 1.14. The molecule has 10 nitrogen and oxygen atoms in total. The molecular weight excluding hydrogens is 518 g/mol. The van der Waals surface area contributed by atoms with Crippen LogP contribution in [0.4, 0.5) is 20.5 Å². The zero-order chi connectivity index (χ0) is 27.5. The van der Waals surface area contributed by atoms with E-state index in [4.69, 9.17) is 14.7 Å². The van der Waals surface area contributed by atoms with E-state index in [1.165, 1.54) is 23.8 Å². The summed E-state index contributed by atoms with van der Waals surface area (Å²) >= 11 is 0. The number of benzene rings is 1. The van der Waals surface area contributed by atoms with Crippen molar-refractivity contribution < 1.29 is 18.3 Å². The highest BCUT2D eigenvalue weighted by molar-refractivity contribution is 5.78. The number of para-hydroxylation sites is 2. The molecule has 1 atom stereocenters. The molecule has 3 aliphatic heterocycles. The summed E-state index contributed by atoms with van der Waals surface area (Å²) < 4.78 is 35.2. The van der Waals surface area contributed by atoms with Gasteiger partial charge in [0, 0.05) is 51.3 Å². The van der Waals surface area contributed by atoms with E-state index in [9.17, 15) is 13.6 Å². The number of amides is 1. The van der Waals surface area contributed by atoms with Crippen LogP contribution in [0.3, 0.4) is 0 Å². The number of aromatic nitrogens is 4. The molecule has 1 amide bonds. The lowest BCUT2D eigenvalue weighted by molar-refractivity contribution is -0.130. The summed E-state index contributed by atoms with van der Waals surface area (Å²) in [7, 11) is 0. The normalized spacial score (nSPS) is 20.5. The highest BCUT2D eigenvalue weighted by Crippen LogP contribution is 2.29. The van der Waals surface area contributed by atoms with Crippen molar-refractivity contribution in [3.05, 3.63) is 36.2 Å². The zero-order valence-electron chi connectivity index (χ0n) is 22.6.